The Hall–Kier alpha value is -2.31. The van der Waals surface area contributed by atoms with Gasteiger partial charge in [0.15, 0.2) is 0 Å². The van der Waals surface area contributed by atoms with Crippen molar-refractivity contribution in [3.05, 3.63) is 39.7 Å². The zero-order valence-corrected chi connectivity index (χ0v) is 8.81. The molecule has 0 unspecified atom stereocenters. The molecule has 17 heavy (non-hydrogen) atoms. The van der Waals surface area contributed by atoms with Gasteiger partial charge >= 0.3 is 5.97 Å². The summed E-state index contributed by atoms with van der Waals surface area (Å²) in [6.45, 7) is 0. The summed E-state index contributed by atoms with van der Waals surface area (Å²) in [7, 11) is 1.04. The number of hydrogen-bond acceptors (Lipinski definition) is 5. The molecule has 0 aliphatic carbocycles. The Kier molecular flexibility index (Phi) is 3.86. The predicted octanol–water partition coefficient (Wildman–Crippen LogP) is 1.02. The summed E-state index contributed by atoms with van der Waals surface area (Å²) >= 11 is 0. The quantitative estimate of drug-likeness (QED) is 0.340. The van der Waals surface area contributed by atoms with E-state index in [1.54, 1.807) is 0 Å². The smallest absolute Gasteiger partial charge is 0.374 e. The van der Waals surface area contributed by atoms with Crippen LogP contribution in [0.5, 0.6) is 0 Å². The maximum absolute atomic E-state index is 13.0. The molecule has 7 heteroatoms. The normalized spacial score (nSPS) is 9.76. The van der Waals surface area contributed by atoms with Crippen molar-refractivity contribution in [3.8, 4) is 0 Å². The molecule has 1 rings (SSSR count). The first-order chi connectivity index (χ1) is 7.93. The van der Waals surface area contributed by atoms with Crippen LogP contribution in [0, 0.1) is 15.9 Å². The first-order valence-electron chi connectivity index (χ1n) is 4.49. The Morgan fingerprint density at radius 1 is 1.41 bits per heavy atom. The third kappa shape index (κ3) is 3.33. The van der Waals surface area contributed by atoms with E-state index in [0.717, 1.165) is 25.3 Å². The van der Waals surface area contributed by atoms with Gasteiger partial charge in [-0.15, -0.1) is 0 Å². The molecule has 0 radical (unpaired) electrons. The van der Waals surface area contributed by atoms with Crippen molar-refractivity contribution in [1.29, 1.82) is 0 Å². The van der Waals surface area contributed by atoms with Gasteiger partial charge in [-0.25, -0.2) is 9.18 Å². The molecule has 0 saturated heterocycles. The summed E-state index contributed by atoms with van der Waals surface area (Å²) in [5, 5.41) is 10.4. The van der Waals surface area contributed by atoms with E-state index in [1.807, 2.05) is 0 Å². The predicted molar refractivity (Wildman–Crippen MR) is 53.8 cm³/mol. The summed E-state index contributed by atoms with van der Waals surface area (Å²) in [6, 6.07) is 2.71. The van der Waals surface area contributed by atoms with E-state index in [1.165, 1.54) is 0 Å². The number of Topliss-reactive ketones (excluding diaryl/α,β-unsaturated/α-hetero) is 1. The second kappa shape index (κ2) is 5.15. The van der Waals surface area contributed by atoms with Crippen molar-refractivity contribution in [3.63, 3.8) is 0 Å². The lowest BCUT2D eigenvalue weighted by molar-refractivity contribution is -0.385. The van der Waals surface area contributed by atoms with E-state index < -0.39 is 34.6 Å². The van der Waals surface area contributed by atoms with Crippen molar-refractivity contribution in [2.24, 2.45) is 0 Å². The number of rotatable bonds is 4. The molecule has 0 aromatic heterocycles. The number of benzene rings is 1. The fourth-order valence-electron chi connectivity index (χ4n) is 1.21. The van der Waals surface area contributed by atoms with Crippen LogP contribution in [0.1, 0.15) is 5.56 Å². The summed E-state index contributed by atoms with van der Waals surface area (Å²) in [4.78, 5) is 31.7. The molecular weight excluding hydrogens is 233 g/mol. The van der Waals surface area contributed by atoms with Gasteiger partial charge in [0, 0.05) is 12.5 Å². The highest BCUT2D eigenvalue weighted by atomic mass is 19.1. The molecule has 90 valence electrons. The van der Waals surface area contributed by atoms with E-state index in [2.05, 4.69) is 4.74 Å². The number of carbonyl (C=O) groups is 2. The van der Waals surface area contributed by atoms with E-state index in [-0.39, 0.29) is 5.56 Å². The molecule has 0 fully saturated rings. The highest BCUT2D eigenvalue weighted by Gasteiger charge is 2.17. The lowest BCUT2D eigenvalue weighted by Crippen LogP contribution is -2.17. The van der Waals surface area contributed by atoms with Crippen molar-refractivity contribution >= 4 is 17.4 Å². The number of nitrogens with zero attached hydrogens (tertiary/aromatic N) is 1. The topological polar surface area (TPSA) is 86.5 Å². The zero-order valence-electron chi connectivity index (χ0n) is 8.81. The minimum absolute atomic E-state index is 0.0482. The van der Waals surface area contributed by atoms with Crippen LogP contribution in [0.15, 0.2) is 18.2 Å². The summed E-state index contributed by atoms with van der Waals surface area (Å²) in [5.74, 6) is -2.81. The number of nitro groups is 1. The number of carbonyl (C=O) groups excluding carboxylic acids is 2. The third-order valence-corrected chi connectivity index (χ3v) is 1.93. The second-order valence-corrected chi connectivity index (χ2v) is 3.17. The third-order valence-electron chi connectivity index (χ3n) is 1.93. The van der Waals surface area contributed by atoms with Gasteiger partial charge < -0.3 is 4.74 Å². The number of nitro benzene ring substituents is 1. The van der Waals surface area contributed by atoms with Crippen LogP contribution in [0.3, 0.4) is 0 Å². The average Bonchev–Trinajstić information content (AvgIpc) is 2.26. The van der Waals surface area contributed by atoms with Crippen molar-refractivity contribution in [2.45, 2.75) is 6.42 Å². The fourth-order valence-corrected chi connectivity index (χ4v) is 1.21. The minimum Gasteiger partial charge on any atom is -0.463 e. The van der Waals surface area contributed by atoms with Crippen LogP contribution in [-0.2, 0) is 20.7 Å². The monoisotopic (exact) mass is 241 g/mol. The van der Waals surface area contributed by atoms with Crippen molar-refractivity contribution in [1.82, 2.24) is 0 Å². The number of non-ortho nitro benzene ring substituents is 1. The number of hydrogen-bond donors (Lipinski definition) is 0. The molecular formula is C10H8FNO5. The molecule has 0 N–H and O–H groups in total. The van der Waals surface area contributed by atoms with Crippen LogP contribution in [-0.4, -0.2) is 23.8 Å². The van der Waals surface area contributed by atoms with Gasteiger partial charge in [-0.05, 0) is 11.6 Å². The molecule has 0 amide bonds. The highest BCUT2D eigenvalue weighted by molar-refractivity contribution is 6.34. The molecule has 1 aromatic carbocycles. The van der Waals surface area contributed by atoms with Gasteiger partial charge in [-0.1, -0.05) is 0 Å². The molecule has 0 aliphatic rings. The van der Waals surface area contributed by atoms with Crippen molar-refractivity contribution < 1.29 is 23.6 Å². The molecule has 0 atom stereocenters. The Morgan fingerprint density at radius 2 is 2.06 bits per heavy atom. The van der Waals surface area contributed by atoms with Crippen LogP contribution in [0.25, 0.3) is 0 Å². The molecule has 0 saturated carbocycles. The standard InChI is InChI=1S/C10H8FNO5/c1-17-10(14)9(13)4-6-2-7(11)5-8(3-6)12(15)16/h2-3,5H,4H2,1H3. The van der Waals surface area contributed by atoms with E-state index in [4.69, 9.17) is 0 Å². The average molecular weight is 241 g/mol. The van der Waals surface area contributed by atoms with Crippen LogP contribution in [0.2, 0.25) is 0 Å². The molecule has 0 bridgehead atoms. The molecule has 6 nitrogen and oxygen atoms in total. The zero-order chi connectivity index (χ0) is 13.0. The second-order valence-electron chi connectivity index (χ2n) is 3.17. The lowest BCUT2D eigenvalue weighted by Gasteiger charge is -2.00. The lowest BCUT2D eigenvalue weighted by atomic mass is 10.1. The van der Waals surface area contributed by atoms with Crippen molar-refractivity contribution in [2.75, 3.05) is 7.11 Å². The van der Waals surface area contributed by atoms with E-state index in [0.29, 0.717) is 0 Å². The Bertz CT molecular complexity index is 486. The largest absolute Gasteiger partial charge is 0.463 e. The number of esters is 1. The van der Waals surface area contributed by atoms with Gasteiger partial charge in [-0.3, -0.25) is 14.9 Å². The SMILES string of the molecule is COC(=O)C(=O)Cc1cc(F)cc([N+](=O)[O-])c1. The number of methoxy groups -OCH3 is 1. The van der Waals surface area contributed by atoms with Gasteiger partial charge in [0.1, 0.15) is 5.82 Å². The first kappa shape index (κ1) is 12.8. The maximum Gasteiger partial charge on any atom is 0.374 e. The first-order valence-corrected chi connectivity index (χ1v) is 4.49. The Labute approximate surface area is 95.1 Å². The molecule has 0 heterocycles. The number of ether oxygens (including phenoxy) is 1. The summed E-state index contributed by atoms with van der Waals surface area (Å²) in [6.07, 6.45) is -0.439. The molecule has 1 aromatic rings. The summed E-state index contributed by atoms with van der Waals surface area (Å²) in [5.41, 5.74) is -0.426. The number of halogens is 1. The van der Waals surface area contributed by atoms with Gasteiger partial charge in [-0.2, -0.15) is 0 Å². The Morgan fingerprint density at radius 3 is 2.59 bits per heavy atom. The Balaban J connectivity index is 2.95. The number of ketones is 1. The summed E-state index contributed by atoms with van der Waals surface area (Å²) < 4.78 is 17.2. The maximum atomic E-state index is 13.0. The fraction of sp³-hybridized carbons (Fsp3) is 0.200. The highest BCUT2D eigenvalue weighted by Crippen LogP contribution is 2.16. The molecule has 0 spiro atoms. The van der Waals surface area contributed by atoms with Gasteiger partial charge in [0.2, 0.25) is 5.78 Å². The molecule has 0 aliphatic heterocycles. The van der Waals surface area contributed by atoms with E-state index in [9.17, 15) is 24.1 Å². The van der Waals surface area contributed by atoms with Crippen LogP contribution in [0.4, 0.5) is 10.1 Å². The van der Waals surface area contributed by atoms with Gasteiger partial charge in [0.25, 0.3) is 5.69 Å². The van der Waals surface area contributed by atoms with E-state index >= 15 is 0 Å². The van der Waals surface area contributed by atoms with Crippen LogP contribution < -0.4 is 0 Å². The van der Waals surface area contributed by atoms with Gasteiger partial charge in [0.05, 0.1) is 18.1 Å². The van der Waals surface area contributed by atoms with Crippen LogP contribution >= 0.6 is 0 Å². The minimum atomic E-state index is -1.07.